The number of thiophene rings is 1. The summed E-state index contributed by atoms with van der Waals surface area (Å²) in [4.78, 5) is 37.5. The Labute approximate surface area is 166 Å². The van der Waals surface area contributed by atoms with Crippen molar-refractivity contribution in [1.82, 2.24) is 15.3 Å². The standard InChI is InChI=1S/C19H22N4O4S/c1-10-13-15(20-9-21-16(13)28-14(10)17(24)26-2)23-5-11-6-27-8-19(11,7-23)18(25)22-12-3-4-12/h9,11-12H,3-8H2,1-2H3,(H,22,25)/t11-,19-/m0/s1. The first-order chi connectivity index (χ1) is 13.5. The fourth-order valence-electron chi connectivity index (χ4n) is 4.36. The lowest BCUT2D eigenvalue weighted by molar-refractivity contribution is -0.131. The van der Waals surface area contributed by atoms with Gasteiger partial charge in [0.25, 0.3) is 0 Å². The van der Waals surface area contributed by atoms with Crippen molar-refractivity contribution in [2.24, 2.45) is 11.3 Å². The average Bonchev–Trinajstić information content (AvgIpc) is 3.14. The summed E-state index contributed by atoms with van der Waals surface area (Å²) in [7, 11) is 1.38. The average molecular weight is 402 g/mol. The molecule has 2 aromatic rings. The minimum atomic E-state index is -0.533. The lowest BCUT2D eigenvalue weighted by Crippen LogP contribution is -2.47. The van der Waals surface area contributed by atoms with Gasteiger partial charge >= 0.3 is 5.97 Å². The van der Waals surface area contributed by atoms with Crippen LogP contribution >= 0.6 is 11.3 Å². The van der Waals surface area contributed by atoms with Crippen LogP contribution in [0.5, 0.6) is 0 Å². The monoisotopic (exact) mass is 402 g/mol. The maximum atomic E-state index is 13.0. The van der Waals surface area contributed by atoms with Gasteiger partial charge in [-0.2, -0.15) is 0 Å². The number of nitrogens with one attached hydrogen (secondary N) is 1. The number of carbonyl (C=O) groups excluding carboxylic acids is 2. The molecule has 4 heterocycles. The SMILES string of the molecule is COC(=O)c1sc2ncnc(N3C[C@H]4COC[C@@]4(C(=O)NC4CC4)C3)c2c1C. The molecule has 2 saturated heterocycles. The Hall–Kier alpha value is -2.26. The van der Waals surface area contributed by atoms with Crippen molar-refractivity contribution in [3.63, 3.8) is 0 Å². The molecule has 8 nitrogen and oxygen atoms in total. The molecule has 0 spiro atoms. The number of nitrogens with zero attached hydrogens (tertiary/aromatic N) is 3. The fourth-order valence-corrected chi connectivity index (χ4v) is 5.42. The molecule has 0 bridgehead atoms. The maximum absolute atomic E-state index is 13.0. The Morgan fingerprint density at radius 2 is 2.21 bits per heavy atom. The number of aromatic nitrogens is 2. The molecule has 2 aromatic heterocycles. The van der Waals surface area contributed by atoms with Crippen molar-refractivity contribution < 1.29 is 19.1 Å². The summed E-state index contributed by atoms with van der Waals surface area (Å²) in [5.74, 6) is 0.651. The van der Waals surface area contributed by atoms with E-state index in [9.17, 15) is 9.59 Å². The Bertz CT molecular complexity index is 972. The van der Waals surface area contributed by atoms with Crippen LogP contribution in [0.4, 0.5) is 5.82 Å². The van der Waals surface area contributed by atoms with Gasteiger partial charge in [-0.15, -0.1) is 11.3 Å². The van der Waals surface area contributed by atoms with E-state index in [2.05, 4.69) is 20.2 Å². The number of methoxy groups -OCH3 is 1. The second-order valence-electron chi connectivity index (χ2n) is 7.92. The zero-order valence-electron chi connectivity index (χ0n) is 15.9. The predicted molar refractivity (Wildman–Crippen MR) is 104 cm³/mol. The second kappa shape index (κ2) is 6.38. The largest absolute Gasteiger partial charge is 0.465 e. The molecule has 5 rings (SSSR count). The van der Waals surface area contributed by atoms with Gasteiger partial charge < -0.3 is 19.7 Å². The van der Waals surface area contributed by atoms with Gasteiger partial charge in [-0.25, -0.2) is 14.8 Å². The van der Waals surface area contributed by atoms with Crippen molar-refractivity contribution in [2.75, 3.05) is 38.3 Å². The van der Waals surface area contributed by atoms with E-state index in [1.54, 1.807) is 0 Å². The molecule has 3 aliphatic rings. The zero-order chi connectivity index (χ0) is 19.5. The smallest absolute Gasteiger partial charge is 0.348 e. The summed E-state index contributed by atoms with van der Waals surface area (Å²) in [5.41, 5.74) is 0.293. The van der Waals surface area contributed by atoms with Crippen LogP contribution in [-0.2, 0) is 14.3 Å². The number of fused-ring (bicyclic) bond motifs is 2. The number of anilines is 1. The third kappa shape index (κ3) is 2.60. The molecule has 3 fully saturated rings. The van der Waals surface area contributed by atoms with E-state index >= 15 is 0 Å². The number of ether oxygens (including phenoxy) is 2. The third-order valence-electron chi connectivity index (χ3n) is 6.12. The predicted octanol–water partition coefficient (Wildman–Crippen LogP) is 1.52. The number of hydrogen-bond donors (Lipinski definition) is 1. The Balaban J connectivity index is 1.52. The van der Waals surface area contributed by atoms with Crippen LogP contribution in [-0.4, -0.2) is 61.3 Å². The van der Waals surface area contributed by atoms with Gasteiger partial charge in [0.05, 0.1) is 31.1 Å². The van der Waals surface area contributed by atoms with Crippen molar-refractivity contribution >= 4 is 39.2 Å². The van der Waals surface area contributed by atoms with E-state index in [0.29, 0.717) is 37.2 Å². The quantitative estimate of drug-likeness (QED) is 0.775. The van der Waals surface area contributed by atoms with E-state index in [1.807, 2.05) is 6.92 Å². The molecule has 1 amide bonds. The summed E-state index contributed by atoms with van der Waals surface area (Å²) in [5, 5.41) is 4.03. The molecule has 1 saturated carbocycles. The van der Waals surface area contributed by atoms with Crippen LogP contribution < -0.4 is 10.2 Å². The summed E-state index contributed by atoms with van der Waals surface area (Å²) < 4.78 is 10.6. The molecule has 28 heavy (non-hydrogen) atoms. The number of amides is 1. The number of aryl methyl sites for hydroxylation is 1. The third-order valence-corrected chi connectivity index (χ3v) is 7.30. The zero-order valence-corrected chi connectivity index (χ0v) is 16.7. The summed E-state index contributed by atoms with van der Waals surface area (Å²) >= 11 is 1.32. The first-order valence-corrected chi connectivity index (χ1v) is 10.3. The van der Waals surface area contributed by atoms with E-state index in [0.717, 1.165) is 34.4 Å². The molecule has 0 radical (unpaired) electrons. The number of rotatable bonds is 4. The number of carbonyl (C=O) groups is 2. The van der Waals surface area contributed by atoms with Crippen molar-refractivity contribution in [3.8, 4) is 0 Å². The van der Waals surface area contributed by atoms with Crippen LogP contribution in [0, 0.1) is 18.3 Å². The lowest BCUT2D eigenvalue weighted by atomic mass is 9.80. The summed E-state index contributed by atoms with van der Waals surface area (Å²) in [6, 6.07) is 0.324. The van der Waals surface area contributed by atoms with E-state index in [4.69, 9.17) is 9.47 Å². The van der Waals surface area contributed by atoms with Gasteiger partial charge in [0, 0.05) is 25.0 Å². The van der Waals surface area contributed by atoms with E-state index in [1.165, 1.54) is 24.8 Å². The van der Waals surface area contributed by atoms with Crippen molar-refractivity contribution in [2.45, 2.75) is 25.8 Å². The number of esters is 1. The number of hydrogen-bond acceptors (Lipinski definition) is 8. The van der Waals surface area contributed by atoms with Gasteiger partial charge in [-0.3, -0.25) is 4.79 Å². The van der Waals surface area contributed by atoms with Crippen LogP contribution in [0.15, 0.2) is 6.33 Å². The Morgan fingerprint density at radius 1 is 1.39 bits per heavy atom. The van der Waals surface area contributed by atoms with Crippen LogP contribution in [0.25, 0.3) is 10.2 Å². The molecular weight excluding hydrogens is 380 g/mol. The summed E-state index contributed by atoms with van der Waals surface area (Å²) in [6.07, 6.45) is 3.65. The van der Waals surface area contributed by atoms with Gasteiger partial charge in [0.1, 0.15) is 21.9 Å². The summed E-state index contributed by atoms with van der Waals surface area (Å²) in [6.45, 7) is 4.18. The van der Waals surface area contributed by atoms with E-state index < -0.39 is 5.41 Å². The highest BCUT2D eigenvalue weighted by molar-refractivity contribution is 7.20. The second-order valence-corrected chi connectivity index (χ2v) is 8.92. The highest BCUT2D eigenvalue weighted by atomic mass is 32.1. The van der Waals surface area contributed by atoms with Crippen molar-refractivity contribution in [1.29, 1.82) is 0 Å². The van der Waals surface area contributed by atoms with E-state index in [-0.39, 0.29) is 17.8 Å². The molecule has 0 unspecified atom stereocenters. The van der Waals surface area contributed by atoms with Crippen LogP contribution in [0.2, 0.25) is 0 Å². The molecule has 0 aromatic carbocycles. The van der Waals surface area contributed by atoms with Gasteiger partial charge in [-0.1, -0.05) is 0 Å². The van der Waals surface area contributed by atoms with Gasteiger partial charge in [-0.05, 0) is 25.3 Å². The minimum Gasteiger partial charge on any atom is -0.465 e. The van der Waals surface area contributed by atoms with Crippen LogP contribution in [0.1, 0.15) is 28.1 Å². The maximum Gasteiger partial charge on any atom is 0.348 e. The first kappa shape index (κ1) is 17.8. The Morgan fingerprint density at radius 3 is 2.96 bits per heavy atom. The van der Waals surface area contributed by atoms with Crippen molar-refractivity contribution in [3.05, 3.63) is 16.8 Å². The lowest BCUT2D eigenvalue weighted by Gasteiger charge is -2.26. The molecular formula is C19H22N4O4S. The van der Waals surface area contributed by atoms with Crippen LogP contribution in [0.3, 0.4) is 0 Å². The first-order valence-electron chi connectivity index (χ1n) is 9.49. The molecule has 2 aliphatic heterocycles. The molecule has 1 N–H and O–H groups in total. The van der Waals surface area contributed by atoms with Gasteiger partial charge in [0.15, 0.2) is 0 Å². The molecule has 2 atom stereocenters. The minimum absolute atomic E-state index is 0.0996. The highest BCUT2D eigenvalue weighted by Crippen LogP contribution is 2.45. The topological polar surface area (TPSA) is 93.7 Å². The van der Waals surface area contributed by atoms with Gasteiger partial charge in [0.2, 0.25) is 5.91 Å². The highest BCUT2D eigenvalue weighted by Gasteiger charge is 2.56. The fraction of sp³-hybridized carbons (Fsp3) is 0.579. The Kier molecular flexibility index (Phi) is 4.06. The molecule has 1 aliphatic carbocycles. The molecule has 9 heteroatoms. The normalized spacial score (nSPS) is 26.5. The molecule has 148 valence electrons.